The average Bonchev–Trinajstić information content (AvgIpc) is 3.82. The first-order valence-electron chi connectivity index (χ1n) is 19.0. The van der Waals surface area contributed by atoms with E-state index in [-0.39, 0.29) is 10.8 Å². The minimum atomic E-state index is -0.168. The zero-order chi connectivity index (χ0) is 35.3. The van der Waals surface area contributed by atoms with Gasteiger partial charge in [-0.1, -0.05) is 166 Å². The molecule has 53 heavy (non-hydrogen) atoms. The van der Waals surface area contributed by atoms with Crippen LogP contribution in [0.5, 0.6) is 0 Å². The fourth-order valence-corrected chi connectivity index (χ4v) is 10.4. The Morgan fingerprint density at radius 2 is 1.00 bits per heavy atom. The van der Waals surface area contributed by atoms with Gasteiger partial charge in [-0.25, -0.2) is 0 Å². The Morgan fingerprint density at radius 3 is 1.85 bits per heavy atom. The first-order valence-corrected chi connectivity index (χ1v) is 19.0. The highest BCUT2D eigenvalue weighted by atomic mass is 15.1. The number of nitrogens with zero attached hydrogens (tertiary/aromatic N) is 1. The number of fused-ring (bicyclic) bond motifs is 11. The van der Waals surface area contributed by atoms with Crippen LogP contribution in [0, 0.1) is 0 Å². The summed E-state index contributed by atoms with van der Waals surface area (Å²) in [6.45, 7) is 4.78. The third-order valence-corrected chi connectivity index (χ3v) is 12.7. The fraction of sp³-hybridized carbons (Fsp3) is 0.115. The number of benzene rings is 8. The van der Waals surface area contributed by atoms with Crippen molar-refractivity contribution in [1.82, 2.24) is 0 Å². The quantitative estimate of drug-likeness (QED) is 0.179. The summed E-state index contributed by atoms with van der Waals surface area (Å²) >= 11 is 0. The largest absolute Gasteiger partial charge is 0.309 e. The number of anilines is 3. The molecule has 0 saturated carbocycles. The molecule has 0 saturated heterocycles. The summed E-state index contributed by atoms with van der Waals surface area (Å²) in [6.07, 6.45) is 2.16. The topological polar surface area (TPSA) is 3.24 Å². The van der Waals surface area contributed by atoms with E-state index in [1.807, 2.05) is 0 Å². The highest BCUT2D eigenvalue weighted by molar-refractivity contribution is 6.02. The SMILES string of the molecule is CC1(C)c2ccccc2-c2cccc(-c3ccccc3N(c3ccc4c(c3)C3(CCc5ccccc53)c3ccccc3-4)c3cccc4ccccc34)c21. The van der Waals surface area contributed by atoms with Crippen molar-refractivity contribution < 1.29 is 0 Å². The van der Waals surface area contributed by atoms with Crippen LogP contribution in [0.1, 0.15) is 53.6 Å². The number of para-hydroxylation sites is 1. The van der Waals surface area contributed by atoms with E-state index < -0.39 is 0 Å². The standard InChI is InChI=1S/C52H39N/c1-51(2)45-25-10-6-20-39(45)42-22-14-23-43(50(42)51)41-21-8-12-27-49(41)53(48-28-13-17-34-15-3-5-18-37(34)48)36-29-30-40-38-19-7-11-26-46(38)52(47(40)33-36)32-31-35-16-4-9-24-44(35)52/h3-30,33H,31-32H2,1-2H3. The molecule has 1 atom stereocenters. The molecule has 0 heterocycles. The second kappa shape index (κ2) is 11.2. The van der Waals surface area contributed by atoms with Crippen molar-refractivity contribution in [1.29, 1.82) is 0 Å². The Hall–Kier alpha value is -6.18. The number of rotatable bonds is 4. The van der Waals surface area contributed by atoms with E-state index in [1.54, 1.807) is 0 Å². The Kier molecular flexibility index (Phi) is 6.41. The summed E-state index contributed by atoms with van der Waals surface area (Å²) in [5.74, 6) is 0. The van der Waals surface area contributed by atoms with Gasteiger partial charge in [0.05, 0.1) is 11.4 Å². The van der Waals surface area contributed by atoms with Crippen molar-refractivity contribution in [3.8, 4) is 33.4 Å². The van der Waals surface area contributed by atoms with Gasteiger partial charge >= 0.3 is 0 Å². The molecule has 0 radical (unpaired) electrons. The summed E-state index contributed by atoms with van der Waals surface area (Å²) in [6, 6.07) is 66.1. The van der Waals surface area contributed by atoms with Gasteiger partial charge in [0, 0.05) is 27.5 Å². The van der Waals surface area contributed by atoms with Crippen molar-refractivity contribution in [3.63, 3.8) is 0 Å². The Labute approximate surface area is 311 Å². The average molecular weight is 678 g/mol. The normalized spacial score (nSPS) is 16.9. The molecule has 0 amide bonds. The van der Waals surface area contributed by atoms with Crippen LogP contribution in [-0.2, 0) is 17.3 Å². The predicted molar refractivity (Wildman–Crippen MR) is 222 cm³/mol. The number of hydrogen-bond donors (Lipinski definition) is 0. The van der Waals surface area contributed by atoms with Gasteiger partial charge < -0.3 is 4.90 Å². The molecule has 11 rings (SSSR count). The van der Waals surface area contributed by atoms with Gasteiger partial charge in [-0.05, 0) is 104 Å². The maximum Gasteiger partial charge on any atom is 0.0540 e. The molecule has 0 fully saturated rings. The van der Waals surface area contributed by atoms with Crippen molar-refractivity contribution >= 4 is 27.8 Å². The molecule has 0 bridgehead atoms. The van der Waals surface area contributed by atoms with Gasteiger partial charge in [0.15, 0.2) is 0 Å². The van der Waals surface area contributed by atoms with Crippen molar-refractivity contribution in [2.45, 2.75) is 37.5 Å². The van der Waals surface area contributed by atoms with Gasteiger partial charge in [-0.3, -0.25) is 0 Å². The van der Waals surface area contributed by atoms with Crippen LogP contribution in [0.4, 0.5) is 17.1 Å². The summed E-state index contributed by atoms with van der Waals surface area (Å²) in [4.78, 5) is 2.55. The lowest BCUT2D eigenvalue weighted by Gasteiger charge is -2.33. The molecular weight excluding hydrogens is 639 g/mol. The van der Waals surface area contributed by atoms with E-state index in [9.17, 15) is 0 Å². The summed E-state index contributed by atoms with van der Waals surface area (Å²) in [5.41, 5.74) is 19.8. The zero-order valence-corrected chi connectivity index (χ0v) is 30.1. The third-order valence-electron chi connectivity index (χ3n) is 12.7. The third kappa shape index (κ3) is 4.14. The first kappa shape index (κ1) is 30.4. The van der Waals surface area contributed by atoms with Crippen LogP contribution in [-0.4, -0.2) is 0 Å². The molecule has 1 nitrogen and oxygen atoms in total. The fourth-order valence-electron chi connectivity index (χ4n) is 10.4. The maximum atomic E-state index is 2.55. The lowest BCUT2D eigenvalue weighted by Crippen LogP contribution is -2.24. The summed E-state index contributed by atoms with van der Waals surface area (Å²) in [7, 11) is 0. The van der Waals surface area contributed by atoms with Gasteiger partial charge in [-0.2, -0.15) is 0 Å². The van der Waals surface area contributed by atoms with Gasteiger partial charge in [-0.15, -0.1) is 0 Å². The molecule has 0 aromatic heterocycles. The van der Waals surface area contributed by atoms with Crippen LogP contribution in [0.3, 0.4) is 0 Å². The van der Waals surface area contributed by atoms with Gasteiger partial charge in [0.2, 0.25) is 0 Å². The summed E-state index contributed by atoms with van der Waals surface area (Å²) in [5, 5.41) is 2.47. The van der Waals surface area contributed by atoms with Crippen molar-refractivity contribution in [2.75, 3.05) is 4.90 Å². The van der Waals surface area contributed by atoms with E-state index in [1.165, 1.54) is 94.6 Å². The van der Waals surface area contributed by atoms with Crippen LogP contribution < -0.4 is 4.90 Å². The second-order valence-corrected chi connectivity index (χ2v) is 15.6. The van der Waals surface area contributed by atoms with E-state index in [4.69, 9.17) is 0 Å². The molecule has 252 valence electrons. The van der Waals surface area contributed by atoms with Crippen molar-refractivity contribution in [3.05, 3.63) is 209 Å². The molecule has 1 spiro atoms. The molecule has 8 aromatic rings. The molecule has 8 aromatic carbocycles. The Bertz CT molecular complexity index is 2780. The molecule has 3 aliphatic rings. The molecule has 1 heteroatoms. The van der Waals surface area contributed by atoms with E-state index >= 15 is 0 Å². The monoisotopic (exact) mass is 677 g/mol. The van der Waals surface area contributed by atoms with Crippen LogP contribution in [0.25, 0.3) is 44.2 Å². The minimum absolute atomic E-state index is 0.137. The molecule has 3 aliphatic carbocycles. The highest BCUT2D eigenvalue weighted by Crippen LogP contribution is 2.60. The minimum Gasteiger partial charge on any atom is -0.309 e. The lowest BCUT2D eigenvalue weighted by atomic mass is 9.73. The predicted octanol–water partition coefficient (Wildman–Crippen LogP) is 13.5. The molecular formula is C52H39N. The lowest BCUT2D eigenvalue weighted by molar-refractivity contribution is 0.626. The number of aryl methyl sites for hydroxylation is 1. The smallest absolute Gasteiger partial charge is 0.0540 e. The Morgan fingerprint density at radius 1 is 0.434 bits per heavy atom. The first-order chi connectivity index (χ1) is 26.1. The summed E-state index contributed by atoms with van der Waals surface area (Å²) < 4.78 is 0. The van der Waals surface area contributed by atoms with Crippen LogP contribution in [0.2, 0.25) is 0 Å². The van der Waals surface area contributed by atoms with Gasteiger partial charge in [0.25, 0.3) is 0 Å². The molecule has 0 N–H and O–H groups in total. The number of hydrogen-bond acceptors (Lipinski definition) is 1. The molecule has 0 aliphatic heterocycles. The Balaban J connectivity index is 1.19. The molecule has 1 unspecified atom stereocenters. The van der Waals surface area contributed by atoms with Crippen molar-refractivity contribution in [2.24, 2.45) is 0 Å². The maximum absolute atomic E-state index is 2.55. The van der Waals surface area contributed by atoms with Crippen LogP contribution >= 0.6 is 0 Å². The second-order valence-electron chi connectivity index (χ2n) is 15.6. The van der Waals surface area contributed by atoms with Crippen LogP contribution in [0.15, 0.2) is 176 Å². The highest BCUT2D eigenvalue weighted by Gasteiger charge is 2.48. The van der Waals surface area contributed by atoms with E-state index in [0.29, 0.717) is 0 Å². The van der Waals surface area contributed by atoms with Gasteiger partial charge in [0.1, 0.15) is 0 Å². The zero-order valence-electron chi connectivity index (χ0n) is 30.1. The van der Waals surface area contributed by atoms with E-state index in [0.717, 1.165) is 12.8 Å². The van der Waals surface area contributed by atoms with E-state index in [2.05, 4.69) is 195 Å².